The van der Waals surface area contributed by atoms with E-state index in [1.807, 2.05) is 0 Å². The molecule has 2 heterocycles. The average molecular weight is 440 g/mol. The van der Waals surface area contributed by atoms with E-state index in [2.05, 4.69) is 9.88 Å². The highest BCUT2D eigenvalue weighted by molar-refractivity contribution is 6.29. The van der Waals surface area contributed by atoms with E-state index >= 15 is 0 Å². The fraction of sp³-hybridized carbons (Fsp3) is 0.455. The number of piperidine rings is 1. The van der Waals surface area contributed by atoms with Gasteiger partial charge in [-0.2, -0.15) is 13.2 Å². The number of alkyl halides is 3. The van der Waals surface area contributed by atoms with Crippen LogP contribution in [0.25, 0.3) is 0 Å². The van der Waals surface area contributed by atoms with Crippen molar-refractivity contribution in [2.24, 2.45) is 5.92 Å². The topological polar surface area (TPSA) is 36.4 Å². The smallest absolute Gasteiger partial charge is 0.341 e. The molecule has 1 aliphatic heterocycles. The molecule has 1 saturated heterocycles. The summed E-state index contributed by atoms with van der Waals surface area (Å²) in [5.74, 6) is 0.229. The van der Waals surface area contributed by atoms with Gasteiger partial charge >= 0.3 is 6.18 Å². The first-order valence-corrected chi connectivity index (χ1v) is 10.4. The molecule has 0 saturated carbocycles. The molecule has 3 rings (SSSR count). The molecule has 0 aliphatic carbocycles. The molecule has 2 aromatic rings. The van der Waals surface area contributed by atoms with E-state index in [4.69, 9.17) is 11.6 Å². The number of nitrogens with zero attached hydrogens (tertiary/aromatic N) is 3. The first-order chi connectivity index (χ1) is 14.2. The van der Waals surface area contributed by atoms with Gasteiger partial charge in [-0.15, -0.1) is 0 Å². The fourth-order valence-corrected chi connectivity index (χ4v) is 4.09. The van der Waals surface area contributed by atoms with E-state index in [0.29, 0.717) is 36.6 Å². The lowest BCUT2D eigenvalue weighted by Crippen LogP contribution is -2.42. The first-order valence-electron chi connectivity index (χ1n) is 9.98. The minimum atomic E-state index is -4.32. The highest BCUT2D eigenvalue weighted by Gasteiger charge is 2.30. The molecule has 162 valence electrons. The molecular weight excluding hydrogens is 415 g/mol. The molecule has 1 fully saturated rings. The minimum Gasteiger partial charge on any atom is -0.341 e. The third kappa shape index (κ3) is 6.19. The van der Waals surface area contributed by atoms with Gasteiger partial charge in [0.25, 0.3) is 5.91 Å². The van der Waals surface area contributed by atoms with Gasteiger partial charge in [0.15, 0.2) is 0 Å². The summed E-state index contributed by atoms with van der Waals surface area (Å²) in [6.45, 7) is 3.08. The number of carbonyl (C=O) groups is 1. The number of halogens is 4. The Bertz CT molecular complexity index is 875. The molecule has 8 heteroatoms. The van der Waals surface area contributed by atoms with Gasteiger partial charge in [0.05, 0.1) is 5.56 Å². The molecular formula is C22H25ClF3N3O. The summed E-state index contributed by atoms with van der Waals surface area (Å²) in [5.41, 5.74) is 0.594. The Balaban J connectivity index is 1.52. The summed E-state index contributed by atoms with van der Waals surface area (Å²) in [6, 6.07) is 8.73. The van der Waals surface area contributed by atoms with Gasteiger partial charge in [-0.25, -0.2) is 4.98 Å². The Hall–Kier alpha value is -2.12. The molecule has 1 aromatic carbocycles. The lowest BCUT2D eigenvalue weighted by Gasteiger charge is -2.34. The highest BCUT2D eigenvalue weighted by atomic mass is 35.5. The van der Waals surface area contributed by atoms with Gasteiger partial charge in [-0.1, -0.05) is 29.8 Å². The largest absolute Gasteiger partial charge is 0.416 e. The second-order valence-electron chi connectivity index (χ2n) is 7.81. The molecule has 4 nitrogen and oxygen atoms in total. The molecule has 30 heavy (non-hydrogen) atoms. The van der Waals surface area contributed by atoms with Crippen LogP contribution in [0.2, 0.25) is 5.15 Å². The summed E-state index contributed by atoms with van der Waals surface area (Å²) in [4.78, 5) is 20.5. The van der Waals surface area contributed by atoms with Crippen molar-refractivity contribution in [3.8, 4) is 0 Å². The van der Waals surface area contributed by atoms with Crippen molar-refractivity contribution < 1.29 is 18.0 Å². The van der Waals surface area contributed by atoms with E-state index < -0.39 is 11.7 Å². The first kappa shape index (κ1) is 22.6. The summed E-state index contributed by atoms with van der Waals surface area (Å²) < 4.78 is 38.7. The van der Waals surface area contributed by atoms with E-state index in [-0.39, 0.29) is 11.1 Å². The molecule has 1 atom stereocenters. The maximum absolute atomic E-state index is 12.9. The van der Waals surface area contributed by atoms with Gasteiger partial charge < -0.3 is 9.80 Å². The Morgan fingerprint density at radius 1 is 1.30 bits per heavy atom. The zero-order valence-electron chi connectivity index (χ0n) is 16.8. The normalized spacial score (nSPS) is 17.7. The maximum atomic E-state index is 12.9. The van der Waals surface area contributed by atoms with Gasteiger partial charge in [0, 0.05) is 38.4 Å². The van der Waals surface area contributed by atoms with Gasteiger partial charge in [-0.05, 0) is 55.5 Å². The van der Waals surface area contributed by atoms with E-state index in [0.717, 1.165) is 32.0 Å². The van der Waals surface area contributed by atoms with E-state index in [9.17, 15) is 18.0 Å². The number of carbonyl (C=O) groups excluding carboxylic acids is 1. The number of likely N-dealkylation sites (tertiary alicyclic amines) is 1. The molecule has 1 aromatic heterocycles. The van der Waals surface area contributed by atoms with Crippen molar-refractivity contribution in [3.05, 3.63) is 64.4 Å². The predicted molar refractivity (Wildman–Crippen MR) is 111 cm³/mol. The summed E-state index contributed by atoms with van der Waals surface area (Å²) in [5, 5.41) is 0.285. The second-order valence-corrected chi connectivity index (χ2v) is 8.20. The van der Waals surface area contributed by atoms with Crippen LogP contribution < -0.4 is 0 Å². The van der Waals surface area contributed by atoms with Gasteiger partial charge in [0.2, 0.25) is 0 Å². The van der Waals surface area contributed by atoms with Crippen LogP contribution in [-0.4, -0.2) is 53.9 Å². The second kappa shape index (κ2) is 9.79. The molecule has 1 aliphatic rings. The third-order valence-corrected chi connectivity index (χ3v) is 5.63. The number of hydrogen-bond acceptors (Lipinski definition) is 3. The van der Waals surface area contributed by atoms with Crippen LogP contribution >= 0.6 is 11.6 Å². The van der Waals surface area contributed by atoms with Crippen LogP contribution in [0.4, 0.5) is 13.2 Å². The van der Waals surface area contributed by atoms with Crippen LogP contribution in [0.1, 0.15) is 34.3 Å². The van der Waals surface area contributed by atoms with Gasteiger partial charge in [0.1, 0.15) is 5.15 Å². The number of pyridine rings is 1. The van der Waals surface area contributed by atoms with Gasteiger partial charge in [-0.3, -0.25) is 4.79 Å². The zero-order chi connectivity index (χ0) is 21.7. The minimum absolute atomic E-state index is 0.0969. The number of amides is 1. The Kier molecular flexibility index (Phi) is 7.36. The fourth-order valence-electron chi connectivity index (χ4n) is 3.92. The Morgan fingerprint density at radius 3 is 2.83 bits per heavy atom. The van der Waals surface area contributed by atoms with Crippen LogP contribution in [0.3, 0.4) is 0 Å². The number of rotatable bonds is 6. The van der Waals surface area contributed by atoms with Crippen LogP contribution in [0, 0.1) is 5.92 Å². The predicted octanol–water partition coefficient (Wildman–Crippen LogP) is 4.78. The molecule has 0 bridgehead atoms. The molecule has 1 unspecified atom stereocenters. The zero-order valence-corrected chi connectivity index (χ0v) is 17.6. The third-order valence-electron chi connectivity index (χ3n) is 5.43. The van der Waals surface area contributed by atoms with Crippen LogP contribution in [0.5, 0.6) is 0 Å². The van der Waals surface area contributed by atoms with Crippen molar-refractivity contribution >= 4 is 17.5 Å². The van der Waals surface area contributed by atoms with Crippen molar-refractivity contribution in [1.29, 1.82) is 0 Å². The lowest BCUT2D eigenvalue weighted by molar-refractivity contribution is -0.137. The summed E-state index contributed by atoms with van der Waals surface area (Å²) in [6.07, 6.45) is -0.200. The number of benzene rings is 1. The molecule has 0 spiro atoms. The Morgan fingerprint density at radius 2 is 2.10 bits per heavy atom. The van der Waals surface area contributed by atoms with E-state index in [1.165, 1.54) is 18.3 Å². The quantitative estimate of drug-likeness (QED) is 0.608. The van der Waals surface area contributed by atoms with Crippen molar-refractivity contribution in [2.75, 3.05) is 33.2 Å². The SMILES string of the molecule is CN(CC1CCCN(CCc2cccc(C(F)(F)F)c2)C1)C(=O)c1ccnc(Cl)c1. The van der Waals surface area contributed by atoms with Crippen LogP contribution in [-0.2, 0) is 12.6 Å². The van der Waals surface area contributed by atoms with Crippen molar-refractivity contribution in [2.45, 2.75) is 25.4 Å². The van der Waals surface area contributed by atoms with Crippen molar-refractivity contribution in [1.82, 2.24) is 14.8 Å². The molecule has 0 radical (unpaired) electrons. The Labute approximate surface area is 179 Å². The number of aromatic nitrogens is 1. The van der Waals surface area contributed by atoms with Crippen LogP contribution in [0.15, 0.2) is 42.6 Å². The summed E-state index contributed by atoms with van der Waals surface area (Å²) >= 11 is 5.87. The monoisotopic (exact) mass is 439 g/mol. The van der Waals surface area contributed by atoms with Crippen molar-refractivity contribution in [3.63, 3.8) is 0 Å². The highest BCUT2D eigenvalue weighted by Crippen LogP contribution is 2.29. The standard InChI is InChI=1S/C22H25ClF3N3O/c1-28(21(30)18-7-9-27-20(23)13-18)14-17-5-3-10-29(15-17)11-8-16-4-2-6-19(12-16)22(24,25)26/h2,4,6-7,9,12-13,17H,3,5,8,10-11,14-15H2,1H3. The van der Waals surface area contributed by atoms with E-state index in [1.54, 1.807) is 30.1 Å². The molecule has 1 amide bonds. The molecule has 0 N–H and O–H groups in total. The number of hydrogen-bond donors (Lipinski definition) is 0. The lowest BCUT2D eigenvalue weighted by atomic mass is 9.96. The maximum Gasteiger partial charge on any atom is 0.416 e. The average Bonchev–Trinajstić information content (AvgIpc) is 2.71. The summed E-state index contributed by atoms with van der Waals surface area (Å²) in [7, 11) is 1.78.